The van der Waals surface area contributed by atoms with Crippen molar-refractivity contribution < 1.29 is 27.6 Å². The molecule has 0 radical (unpaired) electrons. The highest BCUT2D eigenvalue weighted by molar-refractivity contribution is 6.04. The Balaban J connectivity index is 1.90. The van der Waals surface area contributed by atoms with E-state index in [2.05, 4.69) is 10.6 Å². The van der Waals surface area contributed by atoms with Gasteiger partial charge in [0.05, 0.1) is 0 Å². The highest BCUT2D eigenvalue weighted by Gasteiger charge is 2.34. The number of halogens is 3. The highest BCUT2D eigenvalue weighted by atomic mass is 19.4. The van der Waals surface area contributed by atoms with E-state index in [0.29, 0.717) is 16.8 Å². The zero-order chi connectivity index (χ0) is 21.9. The van der Waals surface area contributed by atoms with Gasteiger partial charge in [0.15, 0.2) is 0 Å². The number of carbonyl (C=O) groups is 3. The van der Waals surface area contributed by atoms with Gasteiger partial charge in [0.1, 0.15) is 6.04 Å². The number of alkyl halides is 3. The van der Waals surface area contributed by atoms with Crippen molar-refractivity contribution in [1.29, 1.82) is 0 Å². The molecule has 3 rings (SSSR count). The Morgan fingerprint density at radius 2 is 1.70 bits per heavy atom. The minimum Gasteiger partial charge on any atom is -0.370 e. The number of nitrogens with one attached hydrogen (secondary N) is 2. The molecule has 1 unspecified atom stereocenters. The molecule has 0 bridgehead atoms. The van der Waals surface area contributed by atoms with Crippen molar-refractivity contribution in [2.45, 2.75) is 31.5 Å². The second kappa shape index (κ2) is 8.56. The standard InChI is InChI=1S/C21H20F3N3O3/c22-21(23,24)10-9-12(11-17(25)28)19(29)27-18-15-7-2-1-5-13(15)14-6-3-4-8-16(14)26-20(18)30/h1-8,12,18H,9-11H2,(H2,25,28)(H,26,30)(H,27,29)/t12?,18-/m0/s1. The molecule has 0 aromatic heterocycles. The number of fused-ring (bicyclic) bond motifs is 3. The molecule has 0 spiro atoms. The fraction of sp³-hybridized carbons (Fsp3) is 0.286. The number of rotatable bonds is 6. The van der Waals surface area contributed by atoms with Crippen LogP contribution in [0.4, 0.5) is 18.9 Å². The lowest BCUT2D eigenvalue weighted by Gasteiger charge is -2.22. The molecule has 2 atom stereocenters. The Morgan fingerprint density at radius 3 is 2.37 bits per heavy atom. The molecule has 1 aliphatic heterocycles. The highest BCUT2D eigenvalue weighted by Crippen LogP contribution is 2.37. The van der Waals surface area contributed by atoms with Crippen LogP contribution in [0.15, 0.2) is 48.5 Å². The van der Waals surface area contributed by atoms with Gasteiger partial charge in [-0.25, -0.2) is 0 Å². The smallest absolute Gasteiger partial charge is 0.370 e. The summed E-state index contributed by atoms with van der Waals surface area (Å²) in [5.74, 6) is -3.56. The molecule has 3 amide bonds. The third-order valence-electron chi connectivity index (χ3n) is 4.89. The Bertz CT molecular complexity index is 975. The molecule has 1 aliphatic rings. The van der Waals surface area contributed by atoms with Crippen molar-refractivity contribution in [2.75, 3.05) is 5.32 Å². The topological polar surface area (TPSA) is 101 Å². The number of nitrogens with two attached hydrogens (primary N) is 1. The van der Waals surface area contributed by atoms with E-state index >= 15 is 0 Å². The summed E-state index contributed by atoms with van der Waals surface area (Å²) in [6, 6.07) is 12.9. The molecule has 1 heterocycles. The maximum absolute atomic E-state index is 12.8. The minimum atomic E-state index is -4.48. The summed E-state index contributed by atoms with van der Waals surface area (Å²) in [4.78, 5) is 36.9. The molecule has 0 saturated carbocycles. The molecule has 0 saturated heterocycles. The summed E-state index contributed by atoms with van der Waals surface area (Å²) in [6.45, 7) is 0. The number of anilines is 1. The predicted molar refractivity (Wildman–Crippen MR) is 104 cm³/mol. The van der Waals surface area contributed by atoms with Crippen LogP contribution in [0.5, 0.6) is 0 Å². The van der Waals surface area contributed by atoms with Gasteiger partial charge >= 0.3 is 6.18 Å². The first-order chi connectivity index (χ1) is 14.2. The lowest BCUT2D eigenvalue weighted by molar-refractivity contribution is -0.143. The Kier molecular flexibility index (Phi) is 6.09. The van der Waals surface area contributed by atoms with Gasteiger partial charge in [0, 0.05) is 30.0 Å². The van der Waals surface area contributed by atoms with E-state index in [1.807, 2.05) is 6.07 Å². The first-order valence-electron chi connectivity index (χ1n) is 9.30. The first-order valence-corrected chi connectivity index (χ1v) is 9.30. The van der Waals surface area contributed by atoms with Gasteiger partial charge in [-0.3, -0.25) is 14.4 Å². The summed E-state index contributed by atoms with van der Waals surface area (Å²) in [7, 11) is 0. The summed E-state index contributed by atoms with van der Waals surface area (Å²) in [6.07, 6.45) is -6.87. The van der Waals surface area contributed by atoms with E-state index in [-0.39, 0.29) is 0 Å². The van der Waals surface area contributed by atoms with Crippen molar-refractivity contribution >= 4 is 23.4 Å². The number of benzene rings is 2. The van der Waals surface area contributed by atoms with E-state index in [0.717, 1.165) is 5.56 Å². The summed E-state index contributed by atoms with van der Waals surface area (Å²) in [5, 5.41) is 5.25. The van der Waals surface area contributed by atoms with E-state index in [1.54, 1.807) is 42.5 Å². The minimum absolute atomic E-state index is 0.502. The maximum Gasteiger partial charge on any atom is 0.389 e. The molecular formula is C21H20F3N3O3. The van der Waals surface area contributed by atoms with Gasteiger partial charge in [-0.15, -0.1) is 0 Å². The SMILES string of the molecule is NC(=O)CC(CCC(F)(F)F)C(=O)N[C@@H]1C(=O)Nc2ccccc2-c2ccccc21. The molecule has 4 N–H and O–H groups in total. The third-order valence-corrected chi connectivity index (χ3v) is 4.89. The first kappa shape index (κ1) is 21.4. The number of hydrogen-bond acceptors (Lipinski definition) is 3. The molecular weight excluding hydrogens is 399 g/mol. The molecule has 0 aliphatic carbocycles. The lowest BCUT2D eigenvalue weighted by atomic mass is 9.93. The fourth-order valence-corrected chi connectivity index (χ4v) is 3.48. The molecule has 9 heteroatoms. The van der Waals surface area contributed by atoms with Gasteiger partial charge < -0.3 is 16.4 Å². The maximum atomic E-state index is 12.8. The van der Waals surface area contributed by atoms with Crippen LogP contribution in [-0.4, -0.2) is 23.9 Å². The predicted octanol–water partition coefficient (Wildman–Crippen LogP) is 3.30. The summed E-state index contributed by atoms with van der Waals surface area (Å²) >= 11 is 0. The largest absolute Gasteiger partial charge is 0.389 e. The number of hydrogen-bond donors (Lipinski definition) is 3. The van der Waals surface area contributed by atoms with Crippen LogP contribution < -0.4 is 16.4 Å². The molecule has 0 fully saturated rings. The van der Waals surface area contributed by atoms with E-state index < -0.39 is 55.1 Å². The van der Waals surface area contributed by atoms with Crippen LogP contribution in [0.1, 0.15) is 30.9 Å². The van der Waals surface area contributed by atoms with Crippen LogP contribution >= 0.6 is 0 Å². The van der Waals surface area contributed by atoms with Gasteiger partial charge in [0.25, 0.3) is 5.91 Å². The quantitative estimate of drug-likeness (QED) is 0.670. The molecule has 30 heavy (non-hydrogen) atoms. The average Bonchev–Trinajstić information content (AvgIpc) is 2.79. The van der Waals surface area contributed by atoms with Crippen LogP contribution in [0.25, 0.3) is 11.1 Å². The van der Waals surface area contributed by atoms with E-state index in [1.165, 1.54) is 0 Å². The molecule has 2 aromatic rings. The van der Waals surface area contributed by atoms with Crippen molar-refractivity contribution in [1.82, 2.24) is 5.32 Å². The van der Waals surface area contributed by atoms with Crippen molar-refractivity contribution in [3.63, 3.8) is 0 Å². The van der Waals surface area contributed by atoms with Crippen LogP contribution in [-0.2, 0) is 14.4 Å². The summed E-state index contributed by atoms with van der Waals surface area (Å²) < 4.78 is 37.9. The van der Waals surface area contributed by atoms with E-state index in [9.17, 15) is 27.6 Å². The zero-order valence-electron chi connectivity index (χ0n) is 15.8. The monoisotopic (exact) mass is 419 g/mol. The van der Waals surface area contributed by atoms with E-state index in [4.69, 9.17) is 5.73 Å². The van der Waals surface area contributed by atoms with Crippen molar-refractivity contribution in [3.05, 3.63) is 54.1 Å². The second-order valence-electron chi connectivity index (χ2n) is 7.08. The lowest BCUT2D eigenvalue weighted by Crippen LogP contribution is -2.41. The van der Waals surface area contributed by atoms with Crippen LogP contribution in [0.2, 0.25) is 0 Å². The number of para-hydroxylation sites is 1. The average molecular weight is 419 g/mol. The Hall–Kier alpha value is -3.36. The molecule has 158 valence electrons. The number of primary amides is 1. The molecule has 2 aromatic carbocycles. The van der Waals surface area contributed by atoms with Crippen LogP contribution in [0.3, 0.4) is 0 Å². The normalized spacial score (nSPS) is 16.5. The van der Waals surface area contributed by atoms with Gasteiger partial charge in [-0.05, 0) is 23.6 Å². The van der Waals surface area contributed by atoms with Crippen molar-refractivity contribution in [2.24, 2.45) is 11.7 Å². The second-order valence-corrected chi connectivity index (χ2v) is 7.08. The number of amides is 3. The summed E-state index contributed by atoms with van der Waals surface area (Å²) in [5.41, 5.74) is 7.63. The van der Waals surface area contributed by atoms with Gasteiger partial charge in [0.2, 0.25) is 11.8 Å². The van der Waals surface area contributed by atoms with Gasteiger partial charge in [-0.1, -0.05) is 42.5 Å². The Labute approximate surface area is 170 Å². The third kappa shape index (κ3) is 4.97. The molecule has 6 nitrogen and oxygen atoms in total. The fourth-order valence-electron chi connectivity index (χ4n) is 3.48. The zero-order valence-corrected chi connectivity index (χ0v) is 15.8. The number of carbonyl (C=O) groups excluding carboxylic acids is 3. The van der Waals surface area contributed by atoms with Crippen LogP contribution in [0, 0.1) is 5.92 Å². The van der Waals surface area contributed by atoms with Crippen molar-refractivity contribution in [3.8, 4) is 11.1 Å². The Morgan fingerprint density at radius 1 is 1.07 bits per heavy atom. The van der Waals surface area contributed by atoms with Gasteiger partial charge in [-0.2, -0.15) is 13.2 Å².